The van der Waals surface area contributed by atoms with Gasteiger partial charge in [0.15, 0.2) is 6.10 Å². The van der Waals surface area contributed by atoms with Crippen molar-refractivity contribution in [3.8, 4) is 11.5 Å². The van der Waals surface area contributed by atoms with Gasteiger partial charge in [0.05, 0.1) is 5.69 Å². The van der Waals surface area contributed by atoms with E-state index in [0.717, 1.165) is 11.1 Å². The molecule has 0 fully saturated rings. The van der Waals surface area contributed by atoms with E-state index in [2.05, 4.69) is 19.9 Å². The first-order chi connectivity index (χ1) is 12.0. The summed E-state index contributed by atoms with van der Waals surface area (Å²) in [4.78, 5) is 12.4. The summed E-state index contributed by atoms with van der Waals surface area (Å²) in [5.41, 5.74) is 2.97. The molecule has 25 heavy (non-hydrogen) atoms. The number of benzene rings is 1. The minimum absolute atomic E-state index is 0.247. The van der Waals surface area contributed by atoms with Crippen LogP contribution in [0.4, 0.5) is 5.00 Å². The van der Waals surface area contributed by atoms with Crippen molar-refractivity contribution in [2.75, 3.05) is 12.4 Å². The molecule has 0 aliphatic carbocycles. The third kappa shape index (κ3) is 3.53. The molecule has 0 aliphatic rings. The van der Waals surface area contributed by atoms with E-state index in [0.29, 0.717) is 22.1 Å². The van der Waals surface area contributed by atoms with E-state index >= 15 is 0 Å². The molecule has 1 atom stereocenters. The Labute approximate surface area is 149 Å². The first-order valence-corrected chi connectivity index (χ1v) is 8.52. The molecule has 1 N–H and O–H groups in total. The van der Waals surface area contributed by atoms with E-state index in [1.54, 1.807) is 20.9 Å². The summed E-state index contributed by atoms with van der Waals surface area (Å²) in [5, 5.41) is 11.7. The molecule has 0 aliphatic heterocycles. The van der Waals surface area contributed by atoms with Gasteiger partial charge in [-0.05, 0) is 44.4 Å². The lowest BCUT2D eigenvalue weighted by Gasteiger charge is -2.10. The first-order valence-electron chi connectivity index (χ1n) is 7.75. The Balaban J connectivity index is 1.77. The number of carbonyl (C=O) groups excluding carboxylic acids is 1. The molecule has 0 amide bonds. The molecule has 7 nitrogen and oxygen atoms in total. The van der Waals surface area contributed by atoms with Gasteiger partial charge in [0.25, 0.3) is 5.89 Å². The Morgan fingerprint density at radius 3 is 2.84 bits per heavy atom. The fourth-order valence-corrected chi connectivity index (χ4v) is 3.08. The fourth-order valence-electron chi connectivity index (χ4n) is 2.34. The van der Waals surface area contributed by atoms with Crippen LogP contribution in [0.25, 0.3) is 11.5 Å². The van der Waals surface area contributed by atoms with Crippen molar-refractivity contribution in [3.05, 3.63) is 47.0 Å². The highest BCUT2D eigenvalue weighted by Gasteiger charge is 2.24. The number of esters is 1. The molecule has 2 aromatic heterocycles. The molecule has 0 saturated carbocycles. The van der Waals surface area contributed by atoms with Gasteiger partial charge in [-0.1, -0.05) is 17.7 Å². The van der Waals surface area contributed by atoms with Crippen LogP contribution in [0.3, 0.4) is 0 Å². The Bertz CT molecular complexity index is 903. The standard InChI is InChI=1S/C17H18N4O3S/c1-9-6-5-7-12(8-9)15-20-19-14(24-15)11(3)23-17(22)13-10(2)21-25-16(13)18-4/h5-8,11,18H,1-4H3. The number of nitrogens with one attached hydrogen (secondary N) is 1. The van der Waals surface area contributed by atoms with Gasteiger partial charge in [-0.25, -0.2) is 4.79 Å². The number of hydrogen-bond acceptors (Lipinski definition) is 8. The molecule has 3 rings (SSSR count). The van der Waals surface area contributed by atoms with Gasteiger partial charge in [0.2, 0.25) is 5.89 Å². The summed E-state index contributed by atoms with van der Waals surface area (Å²) in [5.74, 6) is 0.168. The summed E-state index contributed by atoms with van der Waals surface area (Å²) in [6.45, 7) is 5.45. The second kappa shape index (κ2) is 7.02. The highest BCUT2D eigenvalue weighted by molar-refractivity contribution is 7.10. The van der Waals surface area contributed by atoms with E-state index in [9.17, 15) is 4.79 Å². The van der Waals surface area contributed by atoms with Gasteiger partial charge in [-0.15, -0.1) is 10.2 Å². The van der Waals surface area contributed by atoms with Crippen LogP contribution >= 0.6 is 11.5 Å². The first kappa shape index (κ1) is 17.1. The average Bonchev–Trinajstić information content (AvgIpc) is 3.21. The summed E-state index contributed by atoms with van der Waals surface area (Å²) >= 11 is 1.22. The molecule has 1 unspecified atom stereocenters. The minimum Gasteiger partial charge on any atom is -0.449 e. The number of ether oxygens (including phenoxy) is 1. The van der Waals surface area contributed by atoms with Crippen LogP contribution in [0.5, 0.6) is 0 Å². The number of nitrogens with zero attached hydrogens (tertiary/aromatic N) is 3. The van der Waals surface area contributed by atoms with Crippen molar-refractivity contribution in [2.24, 2.45) is 0 Å². The van der Waals surface area contributed by atoms with Crippen LogP contribution in [0.15, 0.2) is 28.7 Å². The highest BCUT2D eigenvalue weighted by Crippen LogP contribution is 2.28. The third-order valence-corrected chi connectivity index (χ3v) is 4.59. The van der Waals surface area contributed by atoms with Crippen LogP contribution in [0.1, 0.15) is 40.5 Å². The van der Waals surface area contributed by atoms with Crippen molar-refractivity contribution >= 4 is 22.5 Å². The molecule has 8 heteroatoms. The van der Waals surface area contributed by atoms with E-state index in [4.69, 9.17) is 9.15 Å². The number of rotatable bonds is 5. The second-order valence-corrected chi connectivity index (χ2v) is 6.36. The average molecular weight is 358 g/mol. The predicted molar refractivity (Wildman–Crippen MR) is 94.7 cm³/mol. The fraction of sp³-hybridized carbons (Fsp3) is 0.294. The zero-order chi connectivity index (χ0) is 18.0. The Morgan fingerprint density at radius 1 is 1.32 bits per heavy atom. The maximum atomic E-state index is 12.4. The Hall–Kier alpha value is -2.74. The lowest BCUT2D eigenvalue weighted by Crippen LogP contribution is -2.11. The smallest absolute Gasteiger partial charge is 0.343 e. The number of carbonyl (C=O) groups is 1. The van der Waals surface area contributed by atoms with Crippen molar-refractivity contribution in [3.63, 3.8) is 0 Å². The molecule has 0 spiro atoms. The van der Waals surface area contributed by atoms with E-state index < -0.39 is 12.1 Å². The molecule has 1 aromatic carbocycles. The van der Waals surface area contributed by atoms with Gasteiger partial charge < -0.3 is 14.5 Å². The van der Waals surface area contributed by atoms with Crippen molar-refractivity contribution in [1.82, 2.24) is 14.6 Å². The number of anilines is 1. The Morgan fingerprint density at radius 2 is 2.12 bits per heavy atom. The summed E-state index contributed by atoms with van der Waals surface area (Å²) in [6, 6.07) is 7.75. The summed E-state index contributed by atoms with van der Waals surface area (Å²) in [6.07, 6.45) is -0.664. The van der Waals surface area contributed by atoms with Gasteiger partial charge in [0, 0.05) is 12.6 Å². The van der Waals surface area contributed by atoms with Gasteiger partial charge >= 0.3 is 5.97 Å². The van der Waals surface area contributed by atoms with Crippen LogP contribution in [-0.4, -0.2) is 27.6 Å². The van der Waals surface area contributed by atoms with E-state index in [1.165, 1.54) is 11.5 Å². The highest BCUT2D eigenvalue weighted by atomic mass is 32.1. The predicted octanol–water partition coefficient (Wildman–Crippen LogP) is 3.77. The van der Waals surface area contributed by atoms with Crippen molar-refractivity contribution in [2.45, 2.75) is 26.9 Å². The zero-order valence-corrected chi connectivity index (χ0v) is 15.2. The molecular formula is C17H18N4O3S. The number of aromatic nitrogens is 3. The quantitative estimate of drug-likeness (QED) is 0.694. The Kier molecular flexibility index (Phi) is 4.80. The lowest BCUT2D eigenvalue weighted by atomic mass is 10.1. The van der Waals surface area contributed by atoms with Crippen molar-refractivity contribution < 1.29 is 13.9 Å². The monoisotopic (exact) mass is 358 g/mol. The number of aryl methyl sites for hydroxylation is 2. The van der Waals surface area contributed by atoms with Crippen LogP contribution in [-0.2, 0) is 4.74 Å². The van der Waals surface area contributed by atoms with Crippen LogP contribution in [0, 0.1) is 13.8 Å². The lowest BCUT2D eigenvalue weighted by molar-refractivity contribution is 0.0280. The molecule has 130 valence electrons. The zero-order valence-electron chi connectivity index (χ0n) is 14.4. The topological polar surface area (TPSA) is 90.1 Å². The largest absolute Gasteiger partial charge is 0.449 e. The number of hydrogen-bond donors (Lipinski definition) is 1. The van der Waals surface area contributed by atoms with E-state index in [1.807, 2.05) is 31.2 Å². The van der Waals surface area contributed by atoms with E-state index in [-0.39, 0.29) is 5.89 Å². The van der Waals surface area contributed by atoms with Gasteiger partial charge in [-0.3, -0.25) is 0 Å². The minimum atomic E-state index is -0.664. The van der Waals surface area contributed by atoms with Crippen LogP contribution in [0.2, 0.25) is 0 Å². The van der Waals surface area contributed by atoms with Crippen LogP contribution < -0.4 is 5.32 Å². The normalized spacial score (nSPS) is 12.0. The van der Waals surface area contributed by atoms with Gasteiger partial charge in [-0.2, -0.15) is 4.37 Å². The molecule has 3 aromatic rings. The summed E-state index contributed by atoms with van der Waals surface area (Å²) in [7, 11) is 1.74. The van der Waals surface area contributed by atoms with Crippen molar-refractivity contribution in [1.29, 1.82) is 0 Å². The molecule has 0 bridgehead atoms. The molecular weight excluding hydrogens is 340 g/mol. The maximum Gasteiger partial charge on any atom is 0.343 e. The third-order valence-electron chi connectivity index (χ3n) is 3.63. The maximum absolute atomic E-state index is 12.4. The molecule has 0 radical (unpaired) electrons. The molecule has 0 saturated heterocycles. The van der Waals surface area contributed by atoms with Gasteiger partial charge in [0.1, 0.15) is 10.6 Å². The summed E-state index contributed by atoms with van der Waals surface area (Å²) < 4.78 is 15.3. The SMILES string of the molecule is CNc1snc(C)c1C(=O)OC(C)c1nnc(-c2cccc(C)c2)o1. The molecule has 2 heterocycles. The second-order valence-electron chi connectivity index (χ2n) is 5.58.